The van der Waals surface area contributed by atoms with Crippen LogP contribution in [0.4, 0.5) is 5.69 Å². The Morgan fingerprint density at radius 2 is 1.74 bits per heavy atom. The van der Waals surface area contributed by atoms with Crippen molar-refractivity contribution in [3.63, 3.8) is 0 Å². The Morgan fingerprint density at radius 3 is 2.44 bits per heavy atom. The molecule has 0 spiro atoms. The van der Waals surface area contributed by atoms with Crippen molar-refractivity contribution < 1.29 is 9.90 Å². The number of anilines is 1. The molecule has 0 aliphatic heterocycles. The van der Waals surface area contributed by atoms with E-state index in [1.54, 1.807) is 28.9 Å². The van der Waals surface area contributed by atoms with Gasteiger partial charge in [0.1, 0.15) is 17.0 Å². The molecule has 0 saturated heterocycles. The van der Waals surface area contributed by atoms with E-state index in [-0.39, 0.29) is 11.3 Å². The van der Waals surface area contributed by atoms with Crippen LogP contribution in [0.1, 0.15) is 15.9 Å². The van der Waals surface area contributed by atoms with E-state index in [9.17, 15) is 14.7 Å². The number of hydrogen-bond acceptors (Lipinski definition) is 4. The zero-order chi connectivity index (χ0) is 18.8. The number of fused-ring (bicyclic) bond motifs is 1. The van der Waals surface area contributed by atoms with Crippen LogP contribution in [0.25, 0.3) is 11.0 Å². The maximum absolute atomic E-state index is 12.5. The lowest BCUT2D eigenvalue weighted by Gasteiger charge is -2.08. The summed E-state index contributed by atoms with van der Waals surface area (Å²) in [5.41, 5.74) is 0.862. The third-order valence-electron chi connectivity index (χ3n) is 4.22. The smallest absolute Gasteiger partial charge is 0.266 e. The van der Waals surface area contributed by atoms with Crippen molar-refractivity contribution in [3.05, 3.63) is 88.3 Å². The first-order valence-electron chi connectivity index (χ1n) is 8.34. The number of carbonyl (C=O) groups excluding carboxylic acids is 1. The summed E-state index contributed by atoms with van der Waals surface area (Å²) in [5.74, 6) is -1.07. The van der Waals surface area contributed by atoms with Gasteiger partial charge in [0.15, 0.2) is 0 Å². The molecule has 3 N–H and O–H groups in total. The van der Waals surface area contributed by atoms with Gasteiger partial charge in [0.25, 0.3) is 11.5 Å². The van der Waals surface area contributed by atoms with Crippen LogP contribution in [-0.4, -0.2) is 25.8 Å². The standard InChI is InChI=1S/C20H16N4O3/c25-17-15-11-21-24(12-13-7-3-1-4-8-13)18(15)23-20(27)16(17)19(26)22-14-9-5-2-6-10-14/h1-11H,12H2,(H,22,26)(H2,23,25,27). The monoisotopic (exact) mass is 360 g/mol. The van der Waals surface area contributed by atoms with E-state index in [0.717, 1.165) is 5.56 Å². The van der Waals surface area contributed by atoms with Crippen LogP contribution in [0.3, 0.4) is 0 Å². The van der Waals surface area contributed by atoms with Crippen LogP contribution in [0.2, 0.25) is 0 Å². The molecule has 0 atom stereocenters. The van der Waals surface area contributed by atoms with Crippen molar-refractivity contribution in [1.29, 1.82) is 0 Å². The number of H-pyrrole nitrogens is 1. The van der Waals surface area contributed by atoms with Crippen molar-refractivity contribution >= 4 is 22.6 Å². The first-order chi connectivity index (χ1) is 13.1. The van der Waals surface area contributed by atoms with Crippen LogP contribution in [-0.2, 0) is 6.54 Å². The minimum absolute atomic E-state index is 0.309. The molecule has 2 aromatic carbocycles. The van der Waals surface area contributed by atoms with Crippen LogP contribution >= 0.6 is 0 Å². The van der Waals surface area contributed by atoms with Crippen molar-refractivity contribution in [3.8, 4) is 5.75 Å². The highest BCUT2D eigenvalue weighted by molar-refractivity contribution is 6.08. The summed E-state index contributed by atoms with van der Waals surface area (Å²) in [4.78, 5) is 27.6. The molecule has 7 nitrogen and oxygen atoms in total. The summed E-state index contributed by atoms with van der Waals surface area (Å²) >= 11 is 0. The van der Waals surface area contributed by atoms with E-state index in [1.807, 2.05) is 36.4 Å². The first kappa shape index (κ1) is 16.6. The number of carbonyl (C=O) groups is 1. The molecule has 134 valence electrons. The van der Waals surface area contributed by atoms with E-state index in [4.69, 9.17) is 0 Å². The second kappa shape index (κ2) is 6.80. The topological polar surface area (TPSA) is 100 Å². The van der Waals surface area contributed by atoms with Gasteiger partial charge in [-0.25, -0.2) is 4.68 Å². The van der Waals surface area contributed by atoms with E-state index in [2.05, 4.69) is 15.4 Å². The predicted octanol–water partition coefficient (Wildman–Crippen LogP) is 2.73. The van der Waals surface area contributed by atoms with Crippen LogP contribution in [0, 0.1) is 0 Å². The van der Waals surface area contributed by atoms with Gasteiger partial charge in [0, 0.05) is 5.69 Å². The Bertz CT molecular complexity index is 1160. The van der Waals surface area contributed by atoms with Crippen LogP contribution in [0.5, 0.6) is 5.75 Å². The summed E-state index contributed by atoms with van der Waals surface area (Å²) in [5, 5.41) is 17.7. The summed E-state index contributed by atoms with van der Waals surface area (Å²) < 4.78 is 1.57. The fourth-order valence-electron chi connectivity index (χ4n) is 2.90. The Labute approximate surface area is 153 Å². The molecule has 0 aliphatic rings. The highest BCUT2D eigenvalue weighted by Crippen LogP contribution is 2.25. The number of aromatic hydroxyl groups is 1. The second-order valence-electron chi connectivity index (χ2n) is 6.05. The Hall–Kier alpha value is -3.87. The van der Waals surface area contributed by atoms with E-state index < -0.39 is 11.5 Å². The molecule has 0 fully saturated rings. The predicted molar refractivity (Wildman–Crippen MR) is 102 cm³/mol. The van der Waals surface area contributed by atoms with Crippen molar-refractivity contribution in [2.45, 2.75) is 6.54 Å². The Kier molecular flexibility index (Phi) is 4.18. The number of hydrogen-bond donors (Lipinski definition) is 3. The summed E-state index contributed by atoms with van der Waals surface area (Å²) in [6.07, 6.45) is 1.43. The number of aromatic amines is 1. The third-order valence-corrected chi connectivity index (χ3v) is 4.22. The maximum atomic E-state index is 12.5. The number of amides is 1. The van der Waals surface area contributed by atoms with Gasteiger partial charge in [-0.3, -0.25) is 9.59 Å². The molecule has 0 radical (unpaired) electrons. The second-order valence-corrected chi connectivity index (χ2v) is 6.05. The minimum Gasteiger partial charge on any atom is -0.506 e. The fourth-order valence-corrected chi connectivity index (χ4v) is 2.90. The molecule has 0 aliphatic carbocycles. The Balaban J connectivity index is 1.72. The van der Waals surface area contributed by atoms with Gasteiger partial charge in [-0.15, -0.1) is 0 Å². The van der Waals surface area contributed by atoms with Gasteiger partial charge in [-0.2, -0.15) is 5.10 Å². The fraction of sp³-hybridized carbons (Fsp3) is 0.0500. The van der Waals surface area contributed by atoms with E-state index in [0.29, 0.717) is 23.3 Å². The molecule has 0 unspecified atom stereocenters. The average molecular weight is 360 g/mol. The molecule has 2 heterocycles. The van der Waals surface area contributed by atoms with Crippen LogP contribution < -0.4 is 10.9 Å². The highest BCUT2D eigenvalue weighted by Gasteiger charge is 2.21. The molecular weight excluding hydrogens is 344 g/mol. The molecule has 0 saturated carbocycles. The highest BCUT2D eigenvalue weighted by atomic mass is 16.3. The number of benzene rings is 2. The number of rotatable bonds is 4. The van der Waals surface area contributed by atoms with E-state index >= 15 is 0 Å². The average Bonchev–Trinajstić information content (AvgIpc) is 3.06. The number of aromatic nitrogens is 3. The van der Waals surface area contributed by atoms with Gasteiger partial charge in [-0.1, -0.05) is 48.5 Å². The first-order valence-corrected chi connectivity index (χ1v) is 8.34. The largest absolute Gasteiger partial charge is 0.506 e. The van der Waals surface area contributed by atoms with Crippen LogP contribution in [0.15, 0.2) is 71.7 Å². The molecule has 2 aromatic heterocycles. The van der Waals surface area contributed by atoms with Crippen molar-refractivity contribution in [1.82, 2.24) is 14.8 Å². The summed E-state index contributed by atoms with van der Waals surface area (Å²) in [6.45, 7) is 0.426. The number of pyridine rings is 1. The Morgan fingerprint density at radius 1 is 1.07 bits per heavy atom. The van der Waals surface area contributed by atoms with Gasteiger partial charge in [-0.05, 0) is 17.7 Å². The van der Waals surface area contributed by atoms with Gasteiger partial charge in [0.2, 0.25) is 0 Å². The summed E-state index contributed by atoms with van der Waals surface area (Å²) in [6, 6.07) is 18.3. The molecular formula is C20H16N4O3. The zero-order valence-electron chi connectivity index (χ0n) is 14.2. The van der Waals surface area contributed by atoms with Gasteiger partial charge < -0.3 is 15.4 Å². The minimum atomic E-state index is -0.683. The molecule has 27 heavy (non-hydrogen) atoms. The third kappa shape index (κ3) is 3.18. The quantitative estimate of drug-likeness (QED) is 0.521. The number of para-hydroxylation sites is 1. The molecule has 4 aromatic rings. The van der Waals surface area contributed by atoms with Gasteiger partial charge in [0.05, 0.1) is 18.1 Å². The number of nitrogens with one attached hydrogen (secondary N) is 2. The van der Waals surface area contributed by atoms with E-state index in [1.165, 1.54) is 6.20 Å². The maximum Gasteiger partial charge on any atom is 0.266 e. The normalized spacial score (nSPS) is 10.8. The molecule has 1 amide bonds. The lowest BCUT2D eigenvalue weighted by atomic mass is 10.2. The number of nitrogens with zero attached hydrogens (tertiary/aromatic N) is 2. The molecule has 4 rings (SSSR count). The van der Waals surface area contributed by atoms with Crippen molar-refractivity contribution in [2.24, 2.45) is 0 Å². The lowest BCUT2D eigenvalue weighted by Crippen LogP contribution is -2.24. The molecule has 7 heteroatoms. The SMILES string of the molecule is O=C(Nc1ccccc1)c1c(O)c2cnn(Cc3ccccc3)c2[nH]c1=O. The zero-order valence-corrected chi connectivity index (χ0v) is 14.2. The van der Waals surface area contributed by atoms with Crippen molar-refractivity contribution in [2.75, 3.05) is 5.32 Å². The lowest BCUT2D eigenvalue weighted by molar-refractivity contribution is 0.102. The molecule has 0 bridgehead atoms. The summed E-state index contributed by atoms with van der Waals surface area (Å²) in [7, 11) is 0. The van der Waals surface area contributed by atoms with Gasteiger partial charge >= 0.3 is 0 Å².